The molecule has 0 aliphatic heterocycles. The highest BCUT2D eigenvalue weighted by Crippen LogP contribution is 2.58. The molecule has 264 valence electrons. The highest BCUT2D eigenvalue weighted by molar-refractivity contribution is 6.31. The van der Waals surface area contributed by atoms with Crippen LogP contribution in [0.15, 0.2) is 182 Å². The largest absolute Gasteiger partial charge is 0.309 e. The van der Waals surface area contributed by atoms with E-state index < -0.39 is 0 Å². The van der Waals surface area contributed by atoms with Crippen molar-refractivity contribution in [3.63, 3.8) is 0 Å². The number of fused-ring (bicyclic) bond motifs is 13. The molecule has 4 heteroatoms. The Morgan fingerprint density at radius 2 is 1.00 bits per heavy atom. The zero-order valence-electron chi connectivity index (χ0n) is 31.1. The monoisotopic (exact) mass is 716 g/mol. The predicted molar refractivity (Wildman–Crippen MR) is 233 cm³/mol. The van der Waals surface area contributed by atoms with E-state index in [2.05, 4.69) is 210 Å². The van der Waals surface area contributed by atoms with Crippen molar-refractivity contribution in [2.45, 2.75) is 19.3 Å². The zero-order valence-corrected chi connectivity index (χ0v) is 31.1. The van der Waals surface area contributed by atoms with E-state index in [9.17, 15) is 0 Å². The van der Waals surface area contributed by atoms with Crippen LogP contribution in [0, 0.1) is 0 Å². The number of hydrogen-bond acceptors (Lipinski definition) is 1. The van der Waals surface area contributed by atoms with Crippen molar-refractivity contribution in [1.29, 1.82) is 0 Å². The standard InChI is InChI=1S/C52H36N4/c1-52(2)38-26-12-9-23-35(38)45-48(52)46-36-24-10-15-29-41(36)55(50(46)47-37-25-11-14-28-40(37)54(49(45)47)34-21-7-4-8-22-34)43-31-17-18-32-44(43)56-42-30-16-13-27-39(42)53-51(56)33-19-5-3-6-20-33/h3-32H,1-2H3. The summed E-state index contributed by atoms with van der Waals surface area (Å²) in [5.41, 5.74) is 16.4. The van der Waals surface area contributed by atoms with Crippen molar-refractivity contribution in [1.82, 2.24) is 18.7 Å². The van der Waals surface area contributed by atoms with Gasteiger partial charge in [0, 0.05) is 43.8 Å². The van der Waals surface area contributed by atoms with E-state index in [0.29, 0.717) is 0 Å². The first-order valence-electron chi connectivity index (χ1n) is 19.4. The molecular weight excluding hydrogens is 681 g/mol. The van der Waals surface area contributed by atoms with E-state index in [1.165, 1.54) is 65.9 Å². The SMILES string of the molecule is CC1(C)c2ccccc2-c2c1c1c3ccccc3n(-c3ccccc3-n3c(-c4ccccc4)nc4ccccc43)c1c1c3ccccc3n(-c3ccccc3)c21. The Kier molecular flexibility index (Phi) is 6.37. The summed E-state index contributed by atoms with van der Waals surface area (Å²) in [5.74, 6) is 0.920. The van der Waals surface area contributed by atoms with Crippen LogP contribution in [-0.2, 0) is 5.41 Å². The lowest BCUT2D eigenvalue weighted by molar-refractivity contribution is 0.667. The lowest BCUT2D eigenvalue weighted by Crippen LogP contribution is -2.15. The molecule has 0 unspecified atom stereocenters. The molecule has 8 aromatic carbocycles. The van der Waals surface area contributed by atoms with Crippen molar-refractivity contribution in [3.05, 3.63) is 193 Å². The summed E-state index contributed by atoms with van der Waals surface area (Å²) in [4.78, 5) is 5.27. The molecule has 0 saturated carbocycles. The number of imidazole rings is 1. The maximum atomic E-state index is 5.27. The van der Waals surface area contributed by atoms with Gasteiger partial charge in [0.2, 0.25) is 0 Å². The topological polar surface area (TPSA) is 27.7 Å². The maximum Gasteiger partial charge on any atom is 0.145 e. The summed E-state index contributed by atoms with van der Waals surface area (Å²) in [7, 11) is 0. The molecule has 0 radical (unpaired) electrons. The number of nitrogens with zero attached hydrogens (tertiary/aromatic N) is 4. The van der Waals surface area contributed by atoms with Crippen molar-refractivity contribution in [3.8, 4) is 39.6 Å². The van der Waals surface area contributed by atoms with Crippen LogP contribution in [-0.4, -0.2) is 18.7 Å². The van der Waals surface area contributed by atoms with Gasteiger partial charge in [-0.1, -0.05) is 147 Å². The van der Waals surface area contributed by atoms with Gasteiger partial charge in [0.25, 0.3) is 0 Å². The average Bonchev–Trinajstić information content (AvgIpc) is 3.97. The molecule has 0 spiro atoms. The van der Waals surface area contributed by atoms with Gasteiger partial charge in [-0.05, 0) is 65.2 Å². The number of hydrogen-bond donors (Lipinski definition) is 0. The molecule has 0 atom stereocenters. The van der Waals surface area contributed by atoms with Crippen LogP contribution < -0.4 is 0 Å². The van der Waals surface area contributed by atoms with Gasteiger partial charge < -0.3 is 9.13 Å². The van der Waals surface area contributed by atoms with Crippen molar-refractivity contribution >= 4 is 54.6 Å². The Labute approximate surface area is 324 Å². The van der Waals surface area contributed by atoms with E-state index >= 15 is 0 Å². The third kappa shape index (κ3) is 4.05. The Hall–Kier alpha value is -7.17. The lowest BCUT2D eigenvalue weighted by Gasteiger charge is -2.23. The third-order valence-electron chi connectivity index (χ3n) is 12.2. The van der Waals surface area contributed by atoms with Gasteiger partial charge in [0.1, 0.15) is 5.82 Å². The molecule has 1 aliphatic carbocycles. The van der Waals surface area contributed by atoms with Gasteiger partial charge in [-0.25, -0.2) is 4.98 Å². The third-order valence-corrected chi connectivity index (χ3v) is 12.2. The van der Waals surface area contributed by atoms with E-state index in [1.54, 1.807) is 0 Å². The first kappa shape index (κ1) is 31.2. The second-order valence-electron chi connectivity index (χ2n) is 15.5. The van der Waals surface area contributed by atoms with Crippen molar-refractivity contribution in [2.75, 3.05) is 0 Å². The smallest absolute Gasteiger partial charge is 0.145 e. The summed E-state index contributed by atoms with van der Waals surface area (Å²) in [5, 5.41) is 5.07. The van der Waals surface area contributed by atoms with Crippen LogP contribution in [0.1, 0.15) is 25.0 Å². The van der Waals surface area contributed by atoms with Crippen LogP contribution >= 0.6 is 0 Å². The predicted octanol–water partition coefficient (Wildman–Crippen LogP) is 13.2. The minimum Gasteiger partial charge on any atom is -0.309 e. The summed E-state index contributed by atoms with van der Waals surface area (Å²) < 4.78 is 7.44. The highest BCUT2D eigenvalue weighted by Gasteiger charge is 2.41. The molecule has 12 rings (SSSR count). The number of rotatable bonds is 4. The fourth-order valence-corrected chi connectivity index (χ4v) is 9.95. The minimum atomic E-state index is -0.258. The molecule has 3 aromatic heterocycles. The summed E-state index contributed by atoms with van der Waals surface area (Å²) >= 11 is 0. The van der Waals surface area contributed by atoms with Gasteiger partial charge in [-0.15, -0.1) is 0 Å². The molecule has 0 bridgehead atoms. The van der Waals surface area contributed by atoms with E-state index in [-0.39, 0.29) is 5.41 Å². The van der Waals surface area contributed by atoms with Gasteiger partial charge in [0.05, 0.1) is 44.5 Å². The Balaban J connectivity index is 1.33. The molecule has 0 N–H and O–H groups in total. The summed E-state index contributed by atoms with van der Waals surface area (Å²) in [6.07, 6.45) is 0. The zero-order chi connectivity index (χ0) is 37.1. The average molecular weight is 717 g/mol. The van der Waals surface area contributed by atoms with E-state index in [1.807, 2.05) is 0 Å². The minimum absolute atomic E-state index is 0.258. The number of aromatic nitrogens is 4. The second kappa shape index (κ2) is 11.4. The quantitative estimate of drug-likeness (QED) is 0.178. The molecule has 0 amide bonds. The van der Waals surface area contributed by atoms with Gasteiger partial charge in [-0.3, -0.25) is 4.57 Å². The molecular formula is C52H36N4. The van der Waals surface area contributed by atoms with Crippen LogP contribution in [0.25, 0.3) is 94.2 Å². The molecule has 3 heterocycles. The Morgan fingerprint density at radius 3 is 1.75 bits per heavy atom. The van der Waals surface area contributed by atoms with Crippen LogP contribution in [0.2, 0.25) is 0 Å². The molecule has 4 nitrogen and oxygen atoms in total. The molecule has 0 saturated heterocycles. The number of benzene rings is 8. The van der Waals surface area contributed by atoms with Crippen molar-refractivity contribution in [2.24, 2.45) is 0 Å². The first-order valence-corrected chi connectivity index (χ1v) is 19.4. The van der Waals surface area contributed by atoms with Crippen LogP contribution in [0.5, 0.6) is 0 Å². The summed E-state index contributed by atoms with van der Waals surface area (Å²) in [6, 6.07) is 65.9. The molecule has 0 fully saturated rings. The van der Waals surface area contributed by atoms with E-state index in [0.717, 1.165) is 39.5 Å². The summed E-state index contributed by atoms with van der Waals surface area (Å²) in [6.45, 7) is 4.84. The highest BCUT2D eigenvalue weighted by atomic mass is 15.1. The second-order valence-corrected chi connectivity index (χ2v) is 15.5. The molecule has 56 heavy (non-hydrogen) atoms. The van der Waals surface area contributed by atoms with Crippen molar-refractivity contribution < 1.29 is 0 Å². The normalized spacial score (nSPS) is 13.3. The molecule has 1 aliphatic rings. The van der Waals surface area contributed by atoms with Gasteiger partial charge in [0.15, 0.2) is 0 Å². The van der Waals surface area contributed by atoms with Crippen LogP contribution in [0.3, 0.4) is 0 Å². The molecule has 11 aromatic rings. The fraction of sp³-hybridized carbons (Fsp3) is 0.0577. The Morgan fingerprint density at radius 1 is 0.446 bits per heavy atom. The van der Waals surface area contributed by atoms with Gasteiger partial charge in [-0.2, -0.15) is 0 Å². The van der Waals surface area contributed by atoms with Gasteiger partial charge >= 0.3 is 0 Å². The lowest BCUT2D eigenvalue weighted by atomic mass is 9.80. The van der Waals surface area contributed by atoms with Crippen LogP contribution in [0.4, 0.5) is 0 Å². The van der Waals surface area contributed by atoms with E-state index in [4.69, 9.17) is 4.98 Å². The Bertz CT molecular complexity index is 3380. The first-order chi connectivity index (χ1) is 27.6. The fourth-order valence-electron chi connectivity index (χ4n) is 9.95. The number of para-hydroxylation sites is 7. The maximum absolute atomic E-state index is 5.27.